The Morgan fingerprint density at radius 1 is 1.17 bits per heavy atom. The molecule has 7 nitrogen and oxygen atoms in total. The minimum absolute atomic E-state index is 0.0107. The van der Waals surface area contributed by atoms with Gasteiger partial charge < -0.3 is 15.0 Å². The maximum absolute atomic E-state index is 14.0. The van der Waals surface area contributed by atoms with Crippen LogP contribution < -0.4 is 5.32 Å². The van der Waals surface area contributed by atoms with Gasteiger partial charge in [-0.1, -0.05) is 55.5 Å². The first kappa shape index (κ1) is 24.8. The summed E-state index contributed by atoms with van der Waals surface area (Å²) in [6, 6.07) is 11.6. The molecule has 0 radical (unpaired) electrons. The molecule has 1 aromatic carbocycles. The third kappa shape index (κ3) is 5.02. The fourth-order valence-corrected chi connectivity index (χ4v) is 6.30. The summed E-state index contributed by atoms with van der Waals surface area (Å²) in [4.78, 5) is 39.3. The number of pyridine rings is 1. The zero-order valence-corrected chi connectivity index (χ0v) is 21.8. The predicted octanol–water partition coefficient (Wildman–Crippen LogP) is 4.98. The van der Waals surface area contributed by atoms with Gasteiger partial charge in [0.1, 0.15) is 21.4 Å². The first-order chi connectivity index (χ1) is 17.6. The number of aromatic nitrogens is 2. The van der Waals surface area contributed by atoms with Crippen LogP contribution >= 0.6 is 11.3 Å². The lowest BCUT2D eigenvalue weighted by molar-refractivity contribution is -0.140. The molecule has 1 N–H and O–H groups in total. The van der Waals surface area contributed by atoms with E-state index in [2.05, 4.69) is 22.4 Å². The number of benzene rings is 1. The molecule has 3 aromatic rings. The average molecular weight is 507 g/mol. The predicted molar refractivity (Wildman–Crippen MR) is 141 cm³/mol. The molecule has 2 aromatic heterocycles. The topological polar surface area (TPSA) is 84.4 Å². The molecule has 2 aliphatic rings. The van der Waals surface area contributed by atoms with Crippen molar-refractivity contribution in [2.45, 2.75) is 58.0 Å². The van der Waals surface area contributed by atoms with E-state index >= 15 is 0 Å². The molecule has 0 spiro atoms. The van der Waals surface area contributed by atoms with E-state index in [1.54, 1.807) is 11.3 Å². The lowest BCUT2D eigenvalue weighted by Gasteiger charge is -2.35. The van der Waals surface area contributed by atoms with Gasteiger partial charge >= 0.3 is 0 Å². The molecule has 4 heterocycles. The van der Waals surface area contributed by atoms with Crippen molar-refractivity contribution in [3.05, 3.63) is 47.6 Å². The van der Waals surface area contributed by atoms with Crippen molar-refractivity contribution < 1.29 is 14.3 Å². The third-order valence-electron chi connectivity index (χ3n) is 7.58. The highest BCUT2D eigenvalue weighted by molar-refractivity contribution is 7.18. The lowest BCUT2D eigenvalue weighted by Crippen LogP contribution is -2.54. The molecule has 0 saturated carbocycles. The second-order valence-electron chi connectivity index (χ2n) is 9.87. The van der Waals surface area contributed by atoms with Gasteiger partial charge in [-0.3, -0.25) is 9.59 Å². The number of carbonyl (C=O) groups excluding carboxylic acids is 2. The Bertz CT molecular complexity index is 1210. The van der Waals surface area contributed by atoms with Gasteiger partial charge in [-0.25, -0.2) is 9.97 Å². The highest BCUT2D eigenvalue weighted by Gasteiger charge is 2.40. The fraction of sp³-hybridized carbons (Fsp3) is 0.500. The van der Waals surface area contributed by atoms with Crippen molar-refractivity contribution in [1.82, 2.24) is 20.2 Å². The van der Waals surface area contributed by atoms with Crippen LogP contribution in [0, 0.1) is 11.8 Å². The van der Waals surface area contributed by atoms with Crippen molar-refractivity contribution in [1.29, 1.82) is 0 Å². The van der Waals surface area contributed by atoms with Gasteiger partial charge in [-0.2, -0.15) is 0 Å². The van der Waals surface area contributed by atoms with Crippen LogP contribution in [0.4, 0.5) is 0 Å². The number of hydrogen-bond donors (Lipinski definition) is 1. The molecular formula is C28H34N4O3S. The average Bonchev–Trinajstić information content (AvgIpc) is 3.59. The number of hydrogen-bond acceptors (Lipinski definition) is 6. The van der Waals surface area contributed by atoms with E-state index in [9.17, 15) is 9.59 Å². The Morgan fingerprint density at radius 3 is 2.69 bits per heavy atom. The van der Waals surface area contributed by atoms with Crippen LogP contribution in [-0.2, 0) is 14.3 Å². The summed E-state index contributed by atoms with van der Waals surface area (Å²) in [6.07, 6.45) is 5.92. The molecule has 0 bridgehead atoms. The van der Waals surface area contributed by atoms with Crippen molar-refractivity contribution in [3.63, 3.8) is 0 Å². The number of rotatable bonds is 7. The minimum atomic E-state index is -0.525. The molecule has 3 atom stereocenters. The number of ether oxygens (including phenoxy) is 1. The SMILES string of the molecule is CC[C@@H](C)C(=O)N[C@H](C(=O)N1CCC[C@H]1c1nc2c(-c3ccccc3)ccnc2s1)C1CCOCC1. The van der Waals surface area contributed by atoms with Crippen LogP contribution in [0.15, 0.2) is 42.6 Å². The Kier molecular flexibility index (Phi) is 7.62. The molecule has 2 aliphatic heterocycles. The largest absolute Gasteiger partial charge is 0.381 e. The van der Waals surface area contributed by atoms with E-state index in [0.717, 1.165) is 58.6 Å². The summed E-state index contributed by atoms with van der Waals surface area (Å²) in [6.45, 7) is 5.85. The van der Waals surface area contributed by atoms with Gasteiger partial charge in [0.05, 0.1) is 6.04 Å². The zero-order valence-electron chi connectivity index (χ0n) is 21.0. The standard InChI is InChI=1S/C28H34N4O3S/c1-3-18(2)25(33)30-23(20-12-16-35-17-13-20)28(34)32-15-7-10-22(32)26-31-24-21(11-14-29-27(24)36-26)19-8-5-4-6-9-19/h4-6,8-9,11,14,18,20,22-23H,3,7,10,12-13,15-17H2,1-2H3,(H,30,33)/t18-,22+,23+/m1/s1. The van der Waals surface area contributed by atoms with Gasteiger partial charge in [-0.15, -0.1) is 0 Å². The maximum Gasteiger partial charge on any atom is 0.246 e. The summed E-state index contributed by atoms with van der Waals surface area (Å²) in [5.41, 5.74) is 3.04. The summed E-state index contributed by atoms with van der Waals surface area (Å²) in [5.74, 6) is -0.0742. The van der Waals surface area contributed by atoms with Gasteiger partial charge in [0.2, 0.25) is 11.8 Å². The zero-order chi connectivity index (χ0) is 25.1. The molecular weight excluding hydrogens is 472 g/mol. The van der Waals surface area contributed by atoms with Crippen molar-refractivity contribution in [3.8, 4) is 11.1 Å². The van der Waals surface area contributed by atoms with E-state index < -0.39 is 6.04 Å². The highest BCUT2D eigenvalue weighted by Crippen LogP contribution is 2.39. The normalized spacial score (nSPS) is 20.4. The molecule has 36 heavy (non-hydrogen) atoms. The van der Waals surface area contributed by atoms with Gasteiger partial charge in [0, 0.05) is 37.4 Å². The molecule has 2 fully saturated rings. The summed E-state index contributed by atoms with van der Waals surface area (Å²) < 4.78 is 5.55. The first-order valence-electron chi connectivity index (χ1n) is 13.1. The van der Waals surface area contributed by atoms with Crippen LogP contribution in [0.2, 0.25) is 0 Å². The highest BCUT2D eigenvalue weighted by atomic mass is 32.1. The van der Waals surface area contributed by atoms with E-state index in [1.165, 1.54) is 0 Å². The summed E-state index contributed by atoms with van der Waals surface area (Å²) in [5, 5.41) is 4.05. The number of thiazole rings is 1. The van der Waals surface area contributed by atoms with Crippen LogP contribution in [0.3, 0.4) is 0 Å². The van der Waals surface area contributed by atoms with Gasteiger partial charge in [0.25, 0.3) is 0 Å². The first-order valence-corrected chi connectivity index (χ1v) is 13.9. The molecule has 5 rings (SSSR count). The van der Waals surface area contributed by atoms with E-state index in [1.807, 2.05) is 49.2 Å². The third-order valence-corrected chi connectivity index (χ3v) is 8.65. The van der Waals surface area contributed by atoms with Gasteiger partial charge in [0.15, 0.2) is 0 Å². The number of likely N-dealkylation sites (tertiary alicyclic amines) is 1. The number of amides is 2. The number of carbonyl (C=O) groups is 2. The van der Waals surface area contributed by atoms with Crippen molar-refractivity contribution in [2.24, 2.45) is 11.8 Å². The number of nitrogens with one attached hydrogen (secondary N) is 1. The molecule has 8 heteroatoms. The Balaban J connectivity index is 1.44. The second-order valence-corrected chi connectivity index (χ2v) is 10.9. The Hall–Kier alpha value is -2.84. The molecule has 2 saturated heterocycles. The van der Waals surface area contributed by atoms with E-state index in [4.69, 9.17) is 9.72 Å². The van der Waals surface area contributed by atoms with Crippen molar-refractivity contribution >= 4 is 33.5 Å². The maximum atomic E-state index is 14.0. The minimum Gasteiger partial charge on any atom is -0.381 e. The molecule has 0 unspecified atom stereocenters. The molecule has 2 amide bonds. The van der Waals surface area contributed by atoms with E-state index in [0.29, 0.717) is 19.8 Å². The van der Waals surface area contributed by atoms with Crippen LogP contribution in [0.25, 0.3) is 21.5 Å². The lowest BCUT2D eigenvalue weighted by atomic mass is 9.90. The number of nitrogens with zero attached hydrogens (tertiary/aromatic N) is 3. The molecule has 190 valence electrons. The van der Waals surface area contributed by atoms with Crippen LogP contribution in [0.1, 0.15) is 57.0 Å². The fourth-order valence-electron chi connectivity index (χ4n) is 5.22. The number of fused-ring (bicyclic) bond motifs is 1. The smallest absolute Gasteiger partial charge is 0.246 e. The Morgan fingerprint density at radius 2 is 1.94 bits per heavy atom. The van der Waals surface area contributed by atoms with Crippen LogP contribution in [-0.4, -0.2) is 52.5 Å². The van der Waals surface area contributed by atoms with E-state index in [-0.39, 0.29) is 29.7 Å². The summed E-state index contributed by atoms with van der Waals surface area (Å²) >= 11 is 1.57. The second kappa shape index (κ2) is 11.0. The Labute approximate surface area is 216 Å². The van der Waals surface area contributed by atoms with Crippen molar-refractivity contribution in [2.75, 3.05) is 19.8 Å². The monoisotopic (exact) mass is 506 g/mol. The molecule has 0 aliphatic carbocycles. The van der Waals surface area contributed by atoms with Gasteiger partial charge in [-0.05, 0) is 49.7 Å². The quantitative estimate of drug-likeness (QED) is 0.489. The van der Waals surface area contributed by atoms with Crippen LogP contribution in [0.5, 0.6) is 0 Å². The summed E-state index contributed by atoms with van der Waals surface area (Å²) in [7, 11) is 0.